The lowest BCUT2D eigenvalue weighted by atomic mass is 10.2. The Labute approximate surface area is 138 Å². The van der Waals surface area contributed by atoms with Crippen molar-refractivity contribution in [2.24, 2.45) is 0 Å². The number of hydrogen-bond donors (Lipinski definition) is 0. The minimum atomic E-state index is -0.0228. The summed E-state index contributed by atoms with van der Waals surface area (Å²) in [6.45, 7) is 9.30. The Morgan fingerprint density at radius 3 is 2.30 bits per heavy atom. The number of carbonyl (C=O) groups is 1. The number of aromatic nitrogens is 1. The molecule has 1 heterocycles. The van der Waals surface area contributed by atoms with Crippen LogP contribution < -0.4 is 4.90 Å². The van der Waals surface area contributed by atoms with Crippen LogP contribution in [0.1, 0.15) is 36.8 Å². The number of nitrogens with zero attached hydrogens (tertiary/aromatic N) is 3. The molecule has 0 aliphatic heterocycles. The summed E-state index contributed by atoms with van der Waals surface area (Å²) >= 11 is 0. The highest BCUT2D eigenvalue weighted by atomic mass is 16.2. The zero-order valence-electron chi connectivity index (χ0n) is 14.2. The highest BCUT2D eigenvalue weighted by molar-refractivity contribution is 5.93. The van der Waals surface area contributed by atoms with Gasteiger partial charge in [0.15, 0.2) is 0 Å². The van der Waals surface area contributed by atoms with Crippen LogP contribution in [0.4, 0.5) is 5.69 Å². The smallest absolute Gasteiger partial charge is 0.272 e. The molecule has 0 unspecified atom stereocenters. The van der Waals surface area contributed by atoms with E-state index in [0.717, 1.165) is 24.3 Å². The van der Waals surface area contributed by atoms with E-state index in [2.05, 4.69) is 23.7 Å². The second-order valence-electron chi connectivity index (χ2n) is 5.38. The number of hydrogen-bond acceptors (Lipinski definition) is 3. The van der Waals surface area contributed by atoms with E-state index in [4.69, 9.17) is 0 Å². The standard InChI is InChI=1S/C19H25N3O/c1-4-21(5-2)17-12-13-20-18(14-17)19(23)22(6-3)15-16-10-8-7-9-11-16/h7-14H,4-6,15H2,1-3H3. The summed E-state index contributed by atoms with van der Waals surface area (Å²) in [5, 5.41) is 0. The molecule has 0 radical (unpaired) electrons. The molecule has 0 aliphatic rings. The summed E-state index contributed by atoms with van der Waals surface area (Å²) in [5.41, 5.74) is 2.68. The fourth-order valence-electron chi connectivity index (χ4n) is 2.61. The van der Waals surface area contributed by atoms with Gasteiger partial charge >= 0.3 is 0 Å². The highest BCUT2D eigenvalue weighted by Crippen LogP contribution is 2.16. The van der Waals surface area contributed by atoms with Crippen molar-refractivity contribution in [3.63, 3.8) is 0 Å². The molecule has 4 nitrogen and oxygen atoms in total. The number of benzene rings is 1. The van der Waals surface area contributed by atoms with Gasteiger partial charge in [0.25, 0.3) is 5.91 Å². The first-order valence-electron chi connectivity index (χ1n) is 8.23. The van der Waals surface area contributed by atoms with Crippen LogP contribution in [-0.4, -0.2) is 35.4 Å². The molecule has 0 saturated heterocycles. The molecule has 0 aliphatic carbocycles. The van der Waals surface area contributed by atoms with E-state index in [1.54, 1.807) is 6.20 Å². The van der Waals surface area contributed by atoms with Crippen LogP contribution in [0.2, 0.25) is 0 Å². The van der Waals surface area contributed by atoms with Gasteiger partial charge in [-0.05, 0) is 38.5 Å². The molecule has 0 N–H and O–H groups in total. The summed E-state index contributed by atoms with van der Waals surface area (Å²) in [7, 11) is 0. The first kappa shape index (κ1) is 17.0. The summed E-state index contributed by atoms with van der Waals surface area (Å²) < 4.78 is 0. The average Bonchev–Trinajstić information content (AvgIpc) is 2.61. The number of anilines is 1. The van der Waals surface area contributed by atoms with Crippen molar-refractivity contribution in [3.05, 3.63) is 59.9 Å². The van der Waals surface area contributed by atoms with Crippen LogP contribution in [0.3, 0.4) is 0 Å². The van der Waals surface area contributed by atoms with Gasteiger partial charge < -0.3 is 9.80 Å². The lowest BCUT2D eigenvalue weighted by Gasteiger charge is -2.23. The summed E-state index contributed by atoms with van der Waals surface area (Å²) in [4.78, 5) is 21.1. The second kappa shape index (κ2) is 8.32. The Bertz CT molecular complexity index is 624. The first-order valence-corrected chi connectivity index (χ1v) is 8.23. The van der Waals surface area contributed by atoms with Crippen LogP contribution in [-0.2, 0) is 6.54 Å². The molecule has 0 atom stereocenters. The third kappa shape index (κ3) is 4.31. The Morgan fingerprint density at radius 1 is 1.00 bits per heavy atom. The maximum absolute atomic E-state index is 12.8. The van der Waals surface area contributed by atoms with Crippen LogP contribution in [0.25, 0.3) is 0 Å². The molecule has 1 amide bonds. The number of pyridine rings is 1. The van der Waals surface area contributed by atoms with Gasteiger partial charge in [0.2, 0.25) is 0 Å². The van der Waals surface area contributed by atoms with Gasteiger partial charge in [-0.3, -0.25) is 9.78 Å². The van der Waals surface area contributed by atoms with Crippen LogP contribution in [0.5, 0.6) is 0 Å². The molecule has 2 aromatic rings. The molecule has 1 aromatic heterocycles. The lowest BCUT2D eigenvalue weighted by Crippen LogP contribution is -2.31. The van der Waals surface area contributed by atoms with Crippen molar-refractivity contribution in [1.29, 1.82) is 0 Å². The normalized spacial score (nSPS) is 10.4. The fourth-order valence-corrected chi connectivity index (χ4v) is 2.61. The predicted octanol–water partition coefficient (Wildman–Crippen LogP) is 3.59. The monoisotopic (exact) mass is 311 g/mol. The number of amides is 1. The van der Waals surface area contributed by atoms with E-state index in [1.807, 2.05) is 54.3 Å². The molecule has 4 heteroatoms. The number of rotatable bonds is 7. The molecule has 122 valence electrons. The van der Waals surface area contributed by atoms with Gasteiger partial charge in [-0.25, -0.2) is 0 Å². The van der Waals surface area contributed by atoms with Crippen molar-refractivity contribution in [3.8, 4) is 0 Å². The molecule has 0 fully saturated rings. The van der Waals surface area contributed by atoms with E-state index < -0.39 is 0 Å². The average molecular weight is 311 g/mol. The SMILES string of the molecule is CCN(Cc1ccccc1)C(=O)c1cc(N(CC)CC)ccn1. The van der Waals surface area contributed by atoms with Crippen molar-refractivity contribution in [1.82, 2.24) is 9.88 Å². The molecule has 1 aromatic carbocycles. The largest absolute Gasteiger partial charge is 0.372 e. The molecule has 23 heavy (non-hydrogen) atoms. The zero-order chi connectivity index (χ0) is 16.7. The van der Waals surface area contributed by atoms with Crippen molar-refractivity contribution < 1.29 is 4.79 Å². The van der Waals surface area contributed by atoms with Gasteiger partial charge in [-0.1, -0.05) is 30.3 Å². The van der Waals surface area contributed by atoms with E-state index in [9.17, 15) is 4.79 Å². The second-order valence-corrected chi connectivity index (χ2v) is 5.38. The predicted molar refractivity (Wildman–Crippen MR) is 94.7 cm³/mol. The van der Waals surface area contributed by atoms with Crippen LogP contribution in [0, 0.1) is 0 Å². The Kier molecular flexibility index (Phi) is 6.15. The van der Waals surface area contributed by atoms with Crippen molar-refractivity contribution in [2.45, 2.75) is 27.3 Å². The fraction of sp³-hybridized carbons (Fsp3) is 0.368. The maximum atomic E-state index is 12.8. The van der Waals surface area contributed by atoms with Crippen molar-refractivity contribution >= 4 is 11.6 Å². The number of carbonyl (C=O) groups excluding carboxylic acids is 1. The van der Waals surface area contributed by atoms with Gasteiger partial charge in [0.05, 0.1) is 0 Å². The quantitative estimate of drug-likeness (QED) is 0.784. The molecule has 0 bridgehead atoms. The van der Waals surface area contributed by atoms with Gasteiger partial charge in [0.1, 0.15) is 5.69 Å². The summed E-state index contributed by atoms with van der Waals surface area (Å²) in [6, 6.07) is 13.9. The van der Waals surface area contributed by atoms with Crippen molar-refractivity contribution in [2.75, 3.05) is 24.5 Å². The summed E-state index contributed by atoms with van der Waals surface area (Å²) in [5.74, 6) is -0.0228. The molecular formula is C19H25N3O. The van der Waals surface area contributed by atoms with E-state index in [0.29, 0.717) is 18.8 Å². The van der Waals surface area contributed by atoms with E-state index in [-0.39, 0.29) is 5.91 Å². The highest BCUT2D eigenvalue weighted by Gasteiger charge is 2.17. The van der Waals surface area contributed by atoms with Gasteiger partial charge in [-0.2, -0.15) is 0 Å². The molecule has 2 rings (SSSR count). The van der Waals surface area contributed by atoms with Gasteiger partial charge in [0, 0.05) is 38.1 Å². The molecular weight excluding hydrogens is 286 g/mol. The zero-order valence-corrected chi connectivity index (χ0v) is 14.2. The summed E-state index contributed by atoms with van der Waals surface area (Å²) in [6.07, 6.45) is 1.72. The topological polar surface area (TPSA) is 36.4 Å². The van der Waals surface area contributed by atoms with E-state index in [1.165, 1.54) is 0 Å². The maximum Gasteiger partial charge on any atom is 0.272 e. The Hall–Kier alpha value is -2.36. The molecule has 0 spiro atoms. The third-order valence-corrected chi connectivity index (χ3v) is 3.98. The van der Waals surface area contributed by atoms with Gasteiger partial charge in [-0.15, -0.1) is 0 Å². The first-order chi connectivity index (χ1) is 11.2. The minimum Gasteiger partial charge on any atom is -0.372 e. The third-order valence-electron chi connectivity index (χ3n) is 3.98. The molecule has 0 saturated carbocycles. The van der Waals surface area contributed by atoms with E-state index >= 15 is 0 Å². The van der Waals surface area contributed by atoms with Crippen LogP contribution in [0.15, 0.2) is 48.7 Å². The minimum absolute atomic E-state index is 0.0228. The Balaban J connectivity index is 2.19. The van der Waals surface area contributed by atoms with Crippen LogP contribution >= 0.6 is 0 Å². The Morgan fingerprint density at radius 2 is 1.70 bits per heavy atom. The lowest BCUT2D eigenvalue weighted by molar-refractivity contribution is 0.0746.